The van der Waals surface area contributed by atoms with Crippen LogP contribution in [-0.4, -0.2) is 24.5 Å². The Balaban J connectivity index is 1.43. The Morgan fingerprint density at radius 3 is 2.33 bits per heavy atom. The summed E-state index contributed by atoms with van der Waals surface area (Å²) < 4.78 is 11.3. The lowest BCUT2D eigenvalue weighted by Crippen LogP contribution is -2.34. The van der Waals surface area contributed by atoms with E-state index in [0.29, 0.717) is 45.3 Å². The monoisotopic (exact) mass is 484 g/mol. The van der Waals surface area contributed by atoms with Crippen LogP contribution in [0, 0.1) is 0 Å². The number of hydrogen-bond donors (Lipinski definition) is 1. The highest BCUT2D eigenvalue weighted by atomic mass is 35.5. The molecule has 1 N–H and O–H groups in total. The van der Waals surface area contributed by atoms with Crippen LogP contribution in [0.3, 0.4) is 0 Å². The van der Waals surface area contributed by atoms with Crippen molar-refractivity contribution < 1.29 is 19.1 Å². The minimum atomic E-state index is -0.687. The lowest BCUT2D eigenvalue weighted by atomic mass is 10.2. The Hall–Kier alpha value is -3.22. The summed E-state index contributed by atoms with van der Waals surface area (Å²) in [5, 5.41) is 4.08. The molecule has 0 saturated carbocycles. The van der Waals surface area contributed by atoms with E-state index in [1.54, 1.807) is 66.7 Å². The molecule has 3 aromatic rings. The third kappa shape index (κ3) is 5.41. The molecule has 1 aliphatic heterocycles. The Morgan fingerprint density at radius 2 is 1.67 bits per heavy atom. The molecule has 8 heteroatoms. The molecule has 4 rings (SSSR count). The minimum Gasteiger partial charge on any atom is -0.494 e. The van der Waals surface area contributed by atoms with Crippen LogP contribution in [-0.2, 0) is 9.59 Å². The normalized spacial score (nSPS) is 15.6. The van der Waals surface area contributed by atoms with Gasteiger partial charge in [-0.2, -0.15) is 0 Å². The number of carbonyl (C=O) groups is 2. The van der Waals surface area contributed by atoms with Gasteiger partial charge in [-0.15, -0.1) is 0 Å². The lowest BCUT2D eigenvalue weighted by Gasteiger charge is -2.17. The van der Waals surface area contributed by atoms with Crippen molar-refractivity contribution in [2.45, 2.75) is 25.8 Å². The fourth-order valence-electron chi connectivity index (χ4n) is 3.43. The van der Waals surface area contributed by atoms with Gasteiger partial charge in [0.2, 0.25) is 5.91 Å². The standard InChI is InChI=1S/C25H22Cl2N2O4/c1-2-13-32-19-10-6-18(7-11-19)29-24(30)15-22(25(29)31)28-17-5-12-23(21(27)14-17)33-20-8-3-16(26)4-9-20/h3-12,14,22,28H,2,13,15H2,1H3. The number of ether oxygens (including phenoxy) is 2. The average molecular weight is 485 g/mol. The van der Waals surface area contributed by atoms with Crippen molar-refractivity contribution in [1.29, 1.82) is 0 Å². The molecule has 1 aliphatic rings. The van der Waals surface area contributed by atoms with E-state index in [4.69, 9.17) is 32.7 Å². The first-order chi connectivity index (χ1) is 15.9. The number of amides is 2. The maximum absolute atomic E-state index is 12.9. The van der Waals surface area contributed by atoms with Gasteiger partial charge in [-0.05, 0) is 73.2 Å². The van der Waals surface area contributed by atoms with E-state index in [9.17, 15) is 9.59 Å². The van der Waals surface area contributed by atoms with Crippen LogP contribution in [0.15, 0.2) is 66.7 Å². The number of halogens is 2. The molecular weight excluding hydrogens is 463 g/mol. The molecule has 0 spiro atoms. The second kappa shape index (κ2) is 10.1. The first-order valence-corrected chi connectivity index (χ1v) is 11.3. The molecular formula is C25H22Cl2N2O4. The van der Waals surface area contributed by atoms with E-state index in [1.807, 2.05) is 6.92 Å². The second-order valence-electron chi connectivity index (χ2n) is 7.51. The topological polar surface area (TPSA) is 67.9 Å². The minimum absolute atomic E-state index is 0.0492. The third-order valence-electron chi connectivity index (χ3n) is 5.03. The summed E-state index contributed by atoms with van der Waals surface area (Å²) in [6.45, 7) is 2.63. The zero-order valence-corrected chi connectivity index (χ0v) is 19.4. The molecule has 33 heavy (non-hydrogen) atoms. The Labute approximate surface area is 202 Å². The summed E-state index contributed by atoms with van der Waals surface area (Å²) in [5.41, 5.74) is 1.13. The van der Waals surface area contributed by atoms with Crippen LogP contribution in [0.5, 0.6) is 17.2 Å². The van der Waals surface area contributed by atoms with Crippen molar-refractivity contribution in [3.8, 4) is 17.2 Å². The largest absolute Gasteiger partial charge is 0.494 e. The molecule has 0 aliphatic carbocycles. The first-order valence-electron chi connectivity index (χ1n) is 10.5. The van der Waals surface area contributed by atoms with Gasteiger partial charge < -0.3 is 14.8 Å². The van der Waals surface area contributed by atoms with Gasteiger partial charge in [-0.25, -0.2) is 4.90 Å². The Bertz CT molecular complexity index is 1150. The molecule has 0 bridgehead atoms. The van der Waals surface area contributed by atoms with Crippen LogP contribution in [0.2, 0.25) is 10.0 Å². The molecule has 1 fully saturated rings. The van der Waals surface area contributed by atoms with Crippen LogP contribution < -0.4 is 19.7 Å². The van der Waals surface area contributed by atoms with Crippen LogP contribution in [0.25, 0.3) is 0 Å². The molecule has 6 nitrogen and oxygen atoms in total. The summed E-state index contributed by atoms with van der Waals surface area (Å²) >= 11 is 12.3. The van der Waals surface area contributed by atoms with Crippen LogP contribution in [0.1, 0.15) is 19.8 Å². The predicted octanol–water partition coefficient (Wildman–Crippen LogP) is 6.32. The van der Waals surface area contributed by atoms with Crippen molar-refractivity contribution in [2.24, 2.45) is 0 Å². The van der Waals surface area contributed by atoms with Gasteiger partial charge in [0.15, 0.2) is 0 Å². The van der Waals surface area contributed by atoms with Gasteiger partial charge in [-0.3, -0.25) is 9.59 Å². The highest BCUT2D eigenvalue weighted by Gasteiger charge is 2.39. The van der Waals surface area contributed by atoms with Gasteiger partial charge in [-0.1, -0.05) is 30.1 Å². The average Bonchev–Trinajstić information content (AvgIpc) is 3.08. The van der Waals surface area contributed by atoms with Crippen LogP contribution in [0.4, 0.5) is 11.4 Å². The van der Waals surface area contributed by atoms with E-state index >= 15 is 0 Å². The summed E-state index contributed by atoms with van der Waals surface area (Å²) in [7, 11) is 0. The van der Waals surface area contributed by atoms with Crippen molar-refractivity contribution >= 4 is 46.4 Å². The summed E-state index contributed by atoms with van der Waals surface area (Å²) in [6, 6.07) is 18.3. The number of imide groups is 1. The number of hydrogen-bond acceptors (Lipinski definition) is 5. The molecule has 1 unspecified atom stereocenters. The number of anilines is 2. The van der Waals surface area contributed by atoms with Gasteiger partial charge in [0.05, 0.1) is 23.7 Å². The van der Waals surface area contributed by atoms with Gasteiger partial charge in [0, 0.05) is 10.7 Å². The van der Waals surface area contributed by atoms with Crippen molar-refractivity contribution in [2.75, 3.05) is 16.8 Å². The summed E-state index contributed by atoms with van der Waals surface area (Å²) in [6.07, 6.45) is 0.948. The zero-order chi connectivity index (χ0) is 23.4. The van der Waals surface area contributed by atoms with Gasteiger partial charge >= 0.3 is 0 Å². The van der Waals surface area contributed by atoms with Crippen LogP contribution >= 0.6 is 23.2 Å². The van der Waals surface area contributed by atoms with Crippen molar-refractivity contribution in [3.63, 3.8) is 0 Å². The number of benzene rings is 3. The smallest absolute Gasteiger partial charge is 0.256 e. The predicted molar refractivity (Wildman–Crippen MR) is 130 cm³/mol. The number of rotatable bonds is 8. The molecule has 2 amide bonds. The van der Waals surface area contributed by atoms with Crippen molar-refractivity contribution in [3.05, 3.63) is 76.8 Å². The fourth-order valence-corrected chi connectivity index (χ4v) is 3.78. The molecule has 1 atom stereocenters. The zero-order valence-electron chi connectivity index (χ0n) is 17.9. The highest BCUT2D eigenvalue weighted by Crippen LogP contribution is 2.33. The number of nitrogens with one attached hydrogen (secondary N) is 1. The van der Waals surface area contributed by atoms with E-state index in [2.05, 4.69) is 5.32 Å². The highest BCUT2D eigenvalue weighted by molar-refractivity contribution is 6.32. The lowest BCUT2D eigenvalue weighted by molar-refractivity contribution is -0.121. The molecule has 1 saturated heterocycles. The SMILES string of the molecule is CCCOc1ccc(N2C(=O)CC(Nc3ccc(Oc4ccc(Cl)cc4)c(Cl)c3)C2=O)cc1. The molecule has 0 aromatic heterocycles. The Kier molecular flexibility index (Phi) is 7.06. The van der Waals surface area contributed by atoms with E-state index < -0.39 is 6.04 Å². The van der Waals surface area contributed by atoms with E-state index in [0.717, 1.165) is 6.42 Å². The second-order valence-corrected chi connectivity index (χ2v) is 8.36. The molecule has 1 heterocycles. The maximum atomic E-state index is 12.9. The van der Waals surface area contributed by atoms with Gasteiger partial charge in [0.25, 0.3) is 5.91 Å². The number of nitrogens with zero attached hydrogens (tertiary/aromatic N) is 1. The molecule has 0 radical (unpaired) electrons. The molecule has 170 valence electrons. The van der Waals surface area contributed by atoms with E-state index in [1.165, 1.54) is 4.90 Å². The van der Waals surface area contributed by atoms with Crippen molar-refractivity contribution in [1.82, 2.24) is 0 Å². The summed E-state index contributed by atoms with van der Waals surface area (Å²) in [5.74, 6) is 1.17. The summed E-state index contributed by atoms with van der Waals surface area (Å²) in [4.78, 5) is 26.7. The Morgan fingerprint density at radius 1 is 0.970 bits per heavy atom. The quantitative estimate of drug-likeness (QED) is 0.379. The van der Waals surface area contributed by atoms with Gasteiger partial charge in [0.1, 0.15) is 23.3 Å². The van der Waals surface area contributed by atoms with E-state index in [-0.39, 0.29) is 18.2 Å². The number of carbonyl (C=O) groups excluding carboxylic acids is 2. The molecule has 3 aromatic carbocycles. The maximum Gasteiger partial charge on any atom is 0.256 e. The first kappa shape index (κ1) is 23.0. The fraction of sp³-hybridized carbons (Fsp3) is 0.200. The third-order valence-corrected chi connectivity index (χ3v) is 5.58.